The van der Waals surface area contributed by atoms with E-state index in [-0.39, 0.29) is 11.5 Å². The molecule has 0 spiro atoms. The highest BCUT2D eigenvalue weighted by Crippen LogP contribution is 2.33. The number of amides is 1. The largest absolute Gasteiger partial charge is 0.490 e. The molecule has 0 saturated carbocycles. The van der Waals surface area contributed by atoms with Gasteiger partial charge in [0.1, 0.15) is 9.88 Å². The molecule has 1 aliphatic heterocycles. The highest BCUT2D eigenvalue weighted by Gasteiger charge is 2.21. The number of nitrogens with zero attached hydrogens (tertiary/aromatic N) is 3. The Balaban J connectivity index is 1.64. The van der Waals surface area contributed by atoms with E-state index in [0.29, 0.717) is 51.5 Å². The Morgan fingerprint density at radius 2 is 1.87 bits per heavy atom. The first-order valence-electron chi connectivity index (χ1n) is 9.58. The predicted molar refractivity (Wildman–Crippen MR) is 115 cm³/mol. The summed E-state index contributed by atoms with van der Waals surface area (Å²) in [6.45, 7) is 6.62. The second kappa shape index (κ2) is 7.91. The molecule has 0 radical (unpaired) electrons. The average molecular weight is 426 g/mol. The average Bonchev–Trinajstić information content (AvgIpc) is 2.93. The molecule has 30 heavy (non-hydrogen) atoms. The summed E-state index contributed by atoms with van der Waals surface area (Å²) < 4.78 is 12.6. The molecule has 0 aliphatic carbocycles. The Bertz CT molecular complexity index is 1200. The number of rotatable bonds is 3. The number of ether oxygens (including phenoxy) is 2. The zero-order chi connectivity index (χ0) is 21.4. The van der Waals surface area contributed by atoms with Crippen LogP contribution in [0.25, 0.3) is 10.6 Å². The molecule has 2 aromatic heterocycles. The van der Waals surface area contributed by atoms with Crippen LogP contribution in [0.3, 0.4) is 0 Å². The third-order valence-electron chi connectivity index (χ3n) is 4.95. The van der Waals surface area contributed by atoms with Gasteiger partial charge in [0.15, 0.2) is 11.5 Å². The number of aryl methyl sites for hydroxylation is 3. The number of benzene rings is 1. The molecule has 8 nitrogen and oxygen atoms in total. The van der Waals surface area contributed by atoms with Gasteiger partial charge in [-0.05, 0) is 38.5 Å². The van der Waals surface area contributed by atoms with Crippen LogP contribution in [-0.4, -0.2) is 33.9 Å². The molecule has 1 aliphatic rings. The van der Waals surface area contributed by atoms with Crippen molar-refractivity contribution >= 4 is 22.9 Å². The van der Waals surface area contributed by atoms with Crippen LogP contribution in [0.15, 0.2) is 23.0 Å². The van der Waals surface area contributed by atoms with E-state index < -0.39 is 0 Å². The Morgan fingerprint density at radius 3 is 2.63 bits per heavy atom. The molecule has 0 bridgehead atoms. The smallest absolute Gasteiger partial charge is 0.277 e. The van der Waals surface area contributed by atoms with E-state index in [0.717, 1.165) is 17.7 Å². The van der Waals surface area contributed by atoms with Crippen molar-refractivity contribution in [3.63, 3.8) is 0 Å². The maximum absolute atomic E-state index is 12.9. The Labute approximate surface area is 177 Å². The van der Waals surface area contributed by atoms with E-state index in [1.54, 1.807) is 32.2 Å². The summed E-state index contributed by atoms with van der Waals surface area (Å²) in [5.41, 5.74) is 2.93. The zero-order valence-electron chi connectivity index (χ0n) is 17.2. The minimum atomic E-state index is -0.286. The van der Waals surface area contributed by atoms with Crippen LogP contribution in [0.4, 0.5) is 5.69 Å². The quantitative estimate of drug-likeness (QED) is 0.691. The topological polar surface area (TPSA) is 95.3 Å². The van der Waals surface area contributed by atoms with Crippen molar-refractivity contribution in [2.75, 3.05) is 18.5 Å². The van der Waals surface area contributed by atoms with Gasteiger partial charge in [0.05, 0.1) is 30.2 Å². The molecule has 1 amide bonds. The van der Waals surface area contributed by atoms with Crippen molar-refractivity contribution in [3.05, 3.63) is 50.4 Å². The fourth-order valence-electron chi connectivity index (χ4n) is 3.24. The van der Waals surface area contributed by atoms with Crippen LogP contribution in [0, 0.1) is 20.8 Å². The van der Waals surface area contributed by atoms with Crippen molar-refractivity contribution in [2.45, 2.75) is 27.2 Å². The lowest BCUT2D eigenvalue weighted by Crippen LogP contribution is -2.23. The van der Waals surface area contributed by atoms with Crippen LogP contribution in [0.2, 0.25) is 0 Å². The first-order chi connectivity index (χ1) is 14.3. The minimum Gasteiger partial charge on any atom is -0.490 e. The third-order valence-corrected chi connectivity index (χ3v) is 6.12. The second-order valence-corrected chi connectivity index (χ2v) is 8.11. The SMILES string of the molecule is Cc1nc(-c2c(C)c(C)nn(C)c2=O)sc1C(=O)Nc1ccc2c(c1)OCCCO2. The minimum absolute atomic E-state index is 0.235. The molecule has 3 aromatic rings. The zero-order valence-corrected chi connectivity index (χ0v) is 18.1. The first kappa shape index (κ1) is 20.1. The number of carbonyl (C=O) groups is 1. The van der Waals surface area contributed by atoms with Crippen LogP contribution in [0.5, 0.6) is 11.5 Å². The van der Waals surface area contributed by atoms with E-state index in [4.69, 9.17) is 9.47 Å². The van der Waals surface area contributed by atoms with Gasteiger partial charge in [-0.1, -0.05) is 0 Å². The summed E-state index contributed by atoms with van der Waals surface area (Å²) in [7, 11) is 1.61. The van der Waals surface area contributed by atoms with Crippen molar-refractivity contribution < 1.29 is 14.3 Å². The maximum atomic E-state index is 12.9. The number of fused-ring (bicyclic) bond motifs is 1. The molecule has 1 N–H and O–H groups in total. The molecule has 156 valence electrons. The maximum Gasteiger partial charge on any atom is 0.277 e. The van der Waals surface area contributed by atoms with Crippen molar-refractivity contribution in [1.82, 2.24) is 14.8 Å². The predicted octanol–water partition coefficient (Wildman–Crippen LogP) is 3.24. The molecule has 3 heterocycles. The Kier molecular flexibility index (Phi) is 5.29. The molecule has 0 fully saturated rings. The lowest BCUT2D eigenvalue weighted by Gasteiger charge is -2.10. The van der Waals surface area contributed by atoms with Crippen LogP contribution in [-0.2, 0) is 7.05 Å². The highest BCUT2D eigenvalue weighted by molar-refractivity contribution is 7.17. The van der Waals surface area contributed by atoms with Gasteiger partial charge in [-0.3, -0.25) is 9.59 Å². The highest BCUT2D eigenvalue weighted by atomic mass is 32.1. The van der Waals surface area contributed by atoms with Crippen molar-refractivity contribution in [2.24, 2.45) is 7.05 Å². The van der Waals surface area contributed by atoms with Crippen LogP contribution >= 0.6 is 11.3 Å². The van der Waals surface area contributed by atoms with Crippen molar-refractivity contribution in [3.8, 4) is 22.1 Å². The number of anilines is 1. The van der Waals surface area contributed by atoms with Gasteiger partial charge in [-0.2, -0.15) is 5.10 Å². The molecule has 4 rings (SSSR count). The molecule has 0 unspecified atom stereocenters. The summed E-state index contributed by atoms with van der Waals surface area (Å²) in [6, 6.07) is 5.31. The van der Waals surface area contributed by atoms with E-state index in [1.165, 1.54) is 16.0 Å². The van der Waals surface area contributed by atoms with Gasteiger partial charge < -0.3 is 14.8 Å². The second-order valence-electron chi connectivity index (χ2n) is 7.11. The molecule has 1 aromatic carbocycles. The van der Waals surface area contributed by atoms with Crippen molar-refractivity contribution in [1.29, 1.82) is 0 Å². The fourth-order valence-corrected chi connectivity index (χ4v) is 4.30. The molecule has 0 atom stereocenters. The third kappa shape index (κ3) is 3.68. The lowest BCUT2D eigenvalue weighted by molar-refractivity contribution is 0.103. The van der Waals surface area contributed by atoms with Gasteiger partial charge in [0.2, 0.25) is 0 Å². The van der Waals surface area contributed by atoms with Gasteiger partial charge in [0, 0.05) is 25.2 Å². The summed E-state index contributed by atoms with van der Waals surface area (Å²) in [5, 5.41) is 7.60. The number of thiazole rings is 1. The monoisotopic (exact) mass is 426 g/mol. The van der Waals surface area contributed by atoms with Gasteiger partial charge in [-0.15, -0.1) is 11.3 Å². The van der Waals surface area contributed by atoms with Gasteiger partial charge in [0.25, 0.3) is 11.5 Å². The number of hydrogen-bond acceptors (Lipinski definition) is 7. The molecule has 0 saturated heterocycles. The summed E-state index contributed by atoms with van der Waals surface area (Å²) in [6.07, 6.45) is 0.812. The van der Waals surface area contributed by atoms with Crippen LogP contribution < -0.4 is 20.3 Å². The molecular formula is C21H22N4O4S. The summed E-state index contributed by atoms with van der Waals surface area (Å²) >= 11 is 1.20. The van der Waals surface area contributed by atoms with Crippen LogP contribution in [0.1, 0.15) is 33.0 Å². The van der Waals surface area contributed by atoms with E-state index in [2.05, 4.69) is 15.4 Å². The Morgan fingerprint density at radius 1 is 1.13 bits per heavy atom. The summed E-state index contributed by atoms with van der Waals surface area (Å²) in [4.78, 5) is 30.5. The lowest BCUT2D eigenvalue weighted by atomic mass is 10.1. The van der Waals surface area contributed by atoms with E-state index in [1.807, 2.05) is 13.8 Å². The molecule has 9 heteroatoms. The fraction of sp³-hybridized carbons (Fsp3) is 0.333. The normalized spacial score (nSPS) is 13.1. The van der Waals surface area contributed by atoms with Gasteiger partial charge in [-0.25, -0.2) is 9.67 Å². The number of nitrogens with one attached hydrogen (secondary N) is 1. The first-order valence-corrected chi connectivity index (χ1v) is 10.4. The van der Waals surface area contributed by atoms with E-state index in [9.17, 15) is 9.59 Å². The number of hydrogen-bond donors (Lipinski definition) is 1. The molecular weight excluding hydrogens is 404 g/mol. The number of carbonyl (C=O) groups excluding carboxylic acids is 1. The number of aromatic nitrogens is 3. The standard InChI is InChI=1S/C21H22N4O4S/c1-11-12(2)24-25(4)21(27)17(11)20-22-13(3)18(30-20)19(26)23-14-6-7-15-16(10-14)29-9-5-8-28-15/h6-7,10H,5,8-9H2,1-4H3,(H,23,26). The Hall–Kier alpha value is -3.20. The summed E-state index contributed by atoms with van der Waals surface area (Å²) in [5.74, 6) is 0.991. The van der Waals surface area contributed by atoms with E-state index >= 15 is 0 Å². The van der Waals surface area contributed by atoms with Gasteiger partial charge >= 0.3 is 0 Å².